The first-order chi connectivity index (χ1) is 6.59. The van der Waals surface area contributed by atoms with Crippen molar-refractivity contribution < 1.29 is 8.78 Å². The number of fused-ring (bicyclic) bond motifs is 1. The highest BCUT2D eigenvalue weighted by molar-refractivity contribution is 7.80. The predicted octanol–water partition coefficient (Wildman–Crippen LogP) is 4.44. The average Bonchev–Trinajstić information content (AvgIpc) is 2.56. The lowest BCUT2D eigenvalue weighted by atomic mass is 10.1. The number of halogens is 2. The molecule has 0 saturated carbocycles. The summed E-state index contributed by atoms with van der Waals surface area (Å²) in [7, 11) is 0. The highest BCUT2D eigenvalue weighted by atomic mass is 32.1. The second-order valence-corrected chi connectivity index (χ2v) is 4.67. The summed E-state index contributed by atoms with van der Waals surface area (Å²) in [5, 5.41) is 0.887. The first-order valence-electron chi connectivity index (χ1n) is 4.09. The lowest BCUT2D eigenvalue weighted by molar-refractivity contribution is 0.156. The molecule has 0 fully saturated rings. The van der Waals surface area contributed by atoms with Gasteiger partial charge in [-0.1, -0.05) is 0 Å². The SMILES string of the molecule is Cc1c(S)ccc2sc(C(F)F)cc12. The van der Waals surface area contributed by atoms with Gasteiger partial charge in [0.15, 0.2) is 0 Å². The summed E-state index contributed by atoms with van der Waals surface area (Å²) in [6, 6.07) is 5.23. The zero-order chi connectivity index (χ0) is 10.3. The molecule has 0 unspecified atom stereocenters. The molecule has 1 aromatic carbocycles. The van der Waals surface area contributed by atoms with Crippen LogP contribution in [0.3, 0.4) is 0 Å². The van der Waals surface area contributed by atoms with E-state index >= 15 is 0 Å². The van der Waals surface area contributed by atoms with Crippen LogP contribution in [0.25, 0.3) is 10.1 Å². The molecule has 0 N–H and O–H groups in total. The van der Waals surface area contributed by atoms with Gasteiger partial charge in [0.05, 0.1) is 4.88 Å². The minimum atomic E-state index is -2.38. The van der Waals surface area contributed by atoms with Crippen LogP contribution in [-0.4, -0.2) is 0 Å². The van der Waals surface area contributed by atoms with Crippen molar-refractivity contribution in [2.24, 2.45) is 0 Å². The summed E-state index contributed by atoms with van der Waals surface area (Å²) < 4.78 is 25.8. The number of benzene rings is 1. The molecule has 0 saturated heterocycles. The van der Waals surface area contributed by atoms with Gasteiger partial charge in [0.1, 0.15) is 0 Å². The van der Waals surface area contributed by atoms with Gasteiger partial charge in [0.2, 0.25) is 0 Å². The smallest absolute Gasteiger partial charge is 0.204 e. The minimum absolute atomic E-state index is 0.127. The van der Waals surface area contributed by atoms with Crippen LogP contribution in [0.15, 0.2) is 23.1 Å². The van der Waals surface area contributed by atoms with E-state index in [9.17, 15) is 8.78 Å². The highest BCUT2D eigenvalue weighted by Gasteiger charge is 2.12. The van der Waals surface area contributed by atoms with Gasteiger partial charge in [-0.2, -0.15) is 0 Å². The van der Waals surface area contributed by atoms with Gasteiger partial charge in [-0.15, -0.1) is 24.0 Å². The van der Waals surface area contributed by atoms with E-state index in [1.165, 1.54) is 0 Å². The van der Waals surface area contributed by atoms with Crippen LogP contribution >= 0.6 is 24.0 Å². The molecule has 1 heterocycles. The van der Waals surface area contributed by atoms with Crippen LogP contribution in [0.1, 0.15) is 16.9 Å². The zero-order valence-electron chi connectivity index (χ0n) is 7.42. The first-order valence-corrected chi connectivity index (χ1v) is 5.36. The Morgan fingerprint density at radius 3 is 2.71 bits per heavy atom. The van der Waals surface area contributed by atoms with E-state index in [-0.39, 0.29) is 4.88 Å². The lowest BCUT2D eigenvalue weighted by Crippen LogP contribution is -1.76. The number of hydrogen-bond acceptors (Lipinski definition) is 2. The molecule has 14 heavy (non-hydrogen) atoms. The van der Waals surface area contributed by atoms with E-state index in [0.29, 0.717) is 0 Å². The Hall–Kier alpha value is -0.610. The van der Waals surface area contributed by atoms with Crippen molar-refractivity contribution in [2.75, 3.05) is 0 Å². The van der Waals surface area contributed by atoms with Gasteiger partial charge in [0, 0.05) is 9.60 Å². The third-order valence-corrected chi connectivity index (χ3v) is 3.77. The number of rotatable bonds is 1. The van der Waals surface area contributed by atoms with Crippen LogP contribution in [0.4, 0.5) is 8.78 Å². The molecular formula is C10H8F2S2. The maximum Gasteiger partial charge on any atom is 0.272 e. The summed E-state index contributed by atoms with van der Waals surface area (Å²) in [5.41, 5.74) is 0.967. The molecule has 0 aliphatic heterocycles. The summed E-state index contributed by atoms with van der Waals surface area (Å²) in [6.07, 6.45) is -2.38. The summed E-state index contributed by atoms with van der Waals surface area (Å²) >= 11 is 5.40. The summed E-state index contributed by atoms with van der Waals surface area (Å²) in [4.78, 5) is 0.971. The minimum Gasteiger partial charge on any atom is -0.204 e. The van der Waals surface area contributed by atoms with Crippen LogP contribution in [-0.2, 0) is 0 Å². The number of thiophene rings is 1. The molecule has 74 valence electrons. The van der Waals surface area contributed by atoms with Crippen molar-refractivity contribution >= 4 is 34.1 Å². The molecule has 1 aromatic heterocycles. The summed E-state index contributed by atoms with van der Waals surface area (Å²) in [5.74, 6) is 0. The standard InChI is InChI=1S/C10H8F2S2/c1-5-6-4-9(10(11)12)14-8(6)3-2-7(5)13/h2-4,10,13H,1H3. The molecule has 0 atom stereocenters. The molecule has 0 radical (unpaired) electrons. The predicted molar refractivity (Wildman–Crippen MR) is 58.8 cm³/mol. The fraction of sp³-hybridized carbons (Fsp3) is 0.200. The van der Waals surface area contributed by atoms with Crippen molar-refractivity contribution in [2.45, 2.75) is 18.2 Å². The number of thiol groups is 1. The fourth-order valence-corrected chi connectivity index (χ4v) is 2.54. The number of aryl methyl sites for hydroxylation is 1. The maximum absolute atomic E-state index is 12.4. The summed E-state index contributed by atoms with van der Waals surface area (Å²) in [6.45, 7) is 1.90. The molecule has 0 amide bonds. The topological polar surface area (TPSA) is 0 Å². The van der Waals surface area contributed by atoms with Gasteiger partial charge >= 0.3 is 0 Å². The molecule has 4 heteroatoms. The molecule has 0 aliphatic rings. The Morgan fingerprint density at radius 1 is 1.36 bits per heavy atom. The van der Waals surface area contributed by atoms with Crippen LogP contribution in [0.5, 0.6) is 0 Å². The van der Waals surface area contributed by atoms with Crippen molar-refractivity contribution in [3.8, 4) is 0 Å². The Balaban J connectivity index is 2.71. The van der Waals surface area contributed by atoms with Crippen molar-refractivity contribution in [3.63, 3.8) is 0 Å². The van der Waals surface area contributed by atoms with E-state index < -0.39 is 6.43 Å². The van der Waals surface area contributed by atoms with Crippen LogP contribution in [0.2, 0.25) is 0 Å². The van der Waals surface area contributed by atoms with Gasteiger partial charge in [-0.05, 0) is 36.1 Å². The van der Waals surface area contributed by atoms with Gasteiger partial charge < -0.3 is 0 Å². The maximum atomic E-state index is 12.4. The average molecular weight is 230 g/mol. The van der Waals surface area contributed by atoms with E-state index in [2.05, 4.69) is 12.6 Å². The molecule has 2 aromatic rings. The largest absolute Gasteiger partial charge is 0.272 e. The Bertz CT molecular complexity index is 474. The zero-order valence-corrected chi connectivity index (χ0v) is 9.13. The number of alkyl halides is 2. The van der Waals surface area contributed by atoms with E-state index in [0.717, 1.165) is 31.9 Å². The van der Waals surface area contributed by atoms with Crippen LogP contribution < -0.4 is 0 Å². The van der Waals surface area contributed by atoms with Crippen molar-refractivity contribution in [1.29, 1.82) is 0 Å². The van der Waals surface area contributed by atoms with E-state index in [4.69, 9.17) is 0 Å². The Labute approximate surface area is 90.0 Å². The van der Waals surface area contributed by atoms with E-state index in [1.54, 1.807) is 6.07 Å². The third kappa shape index (κ3) is 1.53. The normalized spacial score (nSPS) is 11.5. The second kappa shape index (κ2) is 3.51. The quantitative estimate of drug-likeness (QED) is 0.688. The van der Waals surface area contributed by atoms with Gasteiger partial charge in [-0.3, -0.25) is 0 Å². The molecule has 0 bridgehead atoms. The second-order valence-electron chi connectivity index (χ2n) is 3.07. The van der Waals surface area contributed by atoms with Gasteiger partial charge in [0.25, 0.3) is 6.43 Å². The van der Waals surface area contributed by atoms with Crippen LogP contribution in [0, 0.1) is 6.92 Å². The highest BCUT2D eigenvalue weighted by Crippen LogP contribution is 2.35. The molecule has 2 rings (SSSR count). The molecule has 0 spiro atoms. The Kier molecular flexibility index (Phi) is 2.49. The van der Waals surface area contributed by atoms with Crippen molar-refractivity contribution in [1.82, 2.24) is 0 Å². The monoisotopic (exact) mass is 230 g/mol. The third-order valence-electron chi connectivity index (χ3n) is 2.18. The molecular weight excluding hydrogens is 222 g/mol. The van der Waals surface area contributed by atoms with Gasteiger partial charge in [-0.25, -0.2) is 8.78 Å². The van der Waals surface area contributed by atoms with Crippen molar-refractivity contribution in [3.05, 3.63) is 28.6 Å². The number of hydrogen-bond donors (Lipinski definition) is 1. The molecule has 0 aliphatic carbocycles. The first kappa shape index (κ1) is 9.93. The fourth-order valence-electron chi connectivity index (χ4n) is 1.37. The Morgan fingerprint density at radius 2 is 2.07 bits per heavy atom. The van der Waals surface area contributed by atoms with E-state index in [1.807, 2.05) is 19.1 Å². The lowest BCUT2D eigenvalue weighted by Gasteiger charge is -1.98. The molecule has 0 nitrogen and oxygen atoms in total.